The number of nitrogens with one attached hydrogen (secondary N) is 2. The highest BCUT2D eigenvalue weighted by atomic mass is 19.1. The van der Waals surface area contributed by atoms with Crippen LogP contribution in [0, 0.1) is 11.7 Å². The number of nitrogens with zero attached hydrogens (tertiary/aromatic N) is 3. The Balaban J connectivity index is 1.01. The van der Waals surface area contributed by atoms with Crippen LogP contribution in [-0.4, -0.2) is 53.8 Å². The molecule has 2 saturated heterocycles. The van der Waals surface area contributed by atoms with Crippen LogP contribution in [0.15, 0.2) is 53.1 Å². The van der Waals surface area contributed by atoms with E-state index in [9.17, 15) is 9.18 Å². The summed E-state index contributed by atoms with van der Waals surface area (Å²) in [6, 6.07) is 14.0. The molecule has 2 amide bonds. The van der Waals surface area contributed by atoms with Gasteiger partial charge in [-0.1, -0.05) is 23.4 Å². The number of amides is 2. The maximum absolute atomic E-state index is 13.4. The topological polar surface area (TPSA) is 73.6 Å². The van der Waals surface area contributed by atoms with Crippen LogP contribution in [0.1, 0.15) is 43.7 Å². The van der Waals surface area contributed by atoms with E-state index >= 15 is 0 Å². The first-order valence-electron chi connectivity index (χ1n) is 12.3. The fourth-order valence-corrected chi connectivity index (χ4v) is 5.18. The van der Waals surface area contributed by atoms with Crippen LogP contribution < -0.4 is 10.7 Å². The lowest BCUT2D eigenvalue weighted by atomic mass is 9.90. The summed E-state index contributed by atoms with van der Waals surface area (Å²) in [6.07, 6.45) is 5.50. The Morgan fingerprint density at radius 2 is 1.79 bits per heavy atom. The van der Waals surface area contributed by atoms with Crippen molar-refractivity contribution in [1.82, 2.24) is 20.5 Å². The highest BCUT2D eigenvalue weighted by molar-refractivity contribution is 5.88. The number of hydrogen-bond donors (Lipinski definition) is 2. The molecule has 0 saturated carbocycles. The zero-order valence-electron chi connectivity index (χ0n) is 19.4. The minimum absolute atomic E-state index is 0.183. The van der Waals surface area contributed by atoms with Gasteiger partial charge in [0.1, 0.15) is 5.82 Å². The van der Waals surface area contributed by atoms with E-state index in [2.05, 4.69) is 20.8 Å². The van der Waals surface area contributed by atoms with Crippen LogP contribution in [0.4, 0.5) is 14.9 Å². The van der Waals surface area contributed by atoms with E-state index in [0.29, 0.717) is 17.4 Å². The van der Waals surface area contributed by atoms with Crippen molar-refractivity contribution in [3.05, 3.63) is 60.0 Å². The van der Waals surface area contributed by atoms with Gasteiger partial charge in [0.25, 0.3) is 0 Å². The zero-order chi connectivity index (χ0) is 23.3. The summed E-state index contributed by atoms with van der Waals surface area (Å²) in [6.45, 7) is 4.99. The molecule has 7 nitrogen and oxygen atoms in total. The van der Waals surface area contributed by atoms with E-state index in [0.717, 1.165) is 75.2 Å². The quantitative estimate of drug-likeness (QED) is 0.537. The second-order valence-corrected chi connectivity index (χ2v) is 9.48. The minimum Gasteiger partial charge on any atom is -0.356 e. The molecule has 2 aromatic carbocycles. The molecule has 180 valence electrons. The van der Waals surface area contributed by atoms with E-state index in [1.807, 2.05) is 35.3 Å². The number of carbonyl (C=O) groups excluding carboxylic acids is 1. The second kappa shape index (κ2) is 10.5. The van der Waals surface area contributed by atoms with E-state index < -0.39 is 0 Å². The first-order valence-corrected chi connectivity index (χ1v) is 12.3. The standard InChI is InChI=1S/C26H32FN5O2/c27-21-6-7-23-24(18-21)34-30-25(23)20-11-14-31(15-12-20)13-8-19-9-16-32(17-10-19)29-26(33)28-22-4-2-1-3-5-22/h1-7,18-20H,8-17H2,(H2,28,29,33). The molecule has 0 unspecified atom stereocenters. The number of fused-ring (bicyclic) bond motifs is 1. The third-order valence-corrected chi connectivity index (χ3v) is 7.20. The van der Waals surface area contributed by atoms with E-state index in [1.165, 1.54) is 18.6 Å². The van der Waals surface area contributed by atoms with Crippen molar-refractivity contribution in [2.75, 3.05) is 38.0 Å². The number of halogens is 1. The van der Waals surface area contributed by atoms with E-state index in [1.54, 1.807) is 6.07 Å². The summed E-state index contributed by atoms with van der Waals surface area (Å²) in [4.78, 5) is 14.7. The molecule has 1 aromatic heterocycles. The SMILES string of the molecule is O=C(Nc1ccccc1)NN1CCC(CCN2CCC(c3noc4cc(F)ccc34)CC2)CC1. The molecule has 2 aliphatic heterocycles. The van der Waals surface area contributed by atoms with Crippen LogP contribution in [0.25, 0.3) is 11.0 Å². The first-order chi connectivity index (χ1) is 16.6. The fraction of sp³-hybridized carbons (Fsp3) is 0.462. The molecule has 5 rings (SSSR count). The molecule has 0 spiro atoms. The van der Waals surface area contributed by atoms with Crippen molar-refractivity contribution in [3.8, 4) is 0 Å². The van der Waals surface area contributed by atoms with Gasteiger partial charge in [-0.2, -0.15) is 0 Å². The average molecular weight is 466 g/mol. The zero-order valence-corrected chi connectivity index (χ0v) is 19.4. The third-order valence-electron chi connectivity index (χ3n) is 7.20. The fourth-order valence-electron chi connectivity index (χ4n) is 5.18. The number of carbonyl (C=O) groups is 1. The highest BCUT2D eigenvalue weighted by Crippen LogP contribution is 2.33. The number of likely N-dealkylation sites (tertiary alicyclic amines) is 1. The van der Waals surface area contributed by atoms with Gasteiger partial charge in [-0.05, 0) is 81.9 Å². The number of piperidine rings is 2. The number of hydrazine groups is 1. The van der Waals surface area contributed by atoms with E-state index in [4.69, 9.17) is 4.52 Å². The van der Waals surface area contributed by atoms with Crippen LogP contribution >= 0.6 is 0 Å². The molecule has 0 atom stereocenters. The van der Waals surface area contributed by atoms with Crippen molar-refractivity contribution in [3.63, 3.8) is 0 Å². The monoisotopic (exact) mass is 465 g/mol. The summed E-state index contributed by atoms with van der Waals surface area (Å²) in [7, 11) is 0. The largest absolute Gasteiger partial charge is 0.356 e. The number of benzene rings is 2. The lowest BCUT2D eigenvalue weighted by Gasteiger charge is -2.35. The molecular weight excluding hydrogens is 433 g/mol. The number of hydrogen-bond acceptors (Lipinski definition) is 5. The average Bonchev–Trinajstić information content (AvgIpc) is 3.27. The van der Waals surface area contributed by atoms with Gasteiger partial charge in [0.05, 0.1) is 5.69 Å². The maximum Gasteiger partial charge on any atom is 0.333 e. The molecule has 3 aromatic rings. The van der Waals surface area contributed by atoms with Gasteiger partial charge in [-0.15, -0.1) is 0 Å². The van der Waals surface area contributed by atoms with Gasteiger partial charge >= 0.3 is 6.03 Å². The maximum atomic E-state index is 13.4. The number of anilines is 1. The molecule has 2 aliphatic rings. The van der Waals surface area contributed by atoms with Crippen molar-refractivity contribution in [1.29, 1.82) is 0 Å². The summed E-state index contributed by atoms with van der Waals surface area (Å²) in [5.41, 5.74) is 5.28. The Kier molecular flexibility index (Phi) is 7.06. The van der Waals surface area contributed by atoms with Crippen LogP contribution in [0.2, 0.25) is 0 Å². The van der Waals surface area contributed by atoms with Crippen LogP contribution in [0.5, 0.6) is 0 Å². The second-order valence-electron chi connectivity index (χ2n) is 9.48. The number of urea groups is 1. The van der Waals surface area contributed by atoms with Crippen LogP contribution in [0.3, 0.4) is 0 Å². The lowest BCUT2D eigenvalue weighted by molar-refractivity contribution is 0.121. The smallest absolute Gasteiger partial charge is 0.333 e. The van der Waals surface area contributed by atoms with E-state index in [-0.39, 0.29) is 11.8 Å². The molecule has 2 fully saturated rings. The van der Waals surface area contributed by atoms with Crippen LogP contribution in [-0.2, 0) is 0 Å². The molecule has 0 bridgehead atoms. The molecule has 2 N–H and O–H groups in total. The summed E-state index contributed by atoms with van der Waals surface area (Å²) in [5, 5.41) is 10.1. The summed E-state index contributed by atoms with van der Waals surface area (Å²) >= 11 is 0. The Labute approximate surface area is 199 Å². The van der Waals surface area contributed by atoms with Crippen molar-refractivity contribution in [2.45, 2.75) is 38.0 Å². The van der Waals surface area contributed by atoms with Gasteiger partial charge in [-0.25, -0.2) is 14.2 Å². The number of para-hydroxylation sites is 1. The first kappa shape index (κ1) is 22.8. The Hall–Kier alpha value is -2.97. The third kappa shape index (κ3) is 5.56. The molecule has 0 radical (unpaired) electrons. The van der Waals surface area contributed by atoms with Crippen molar-refractivity contribution < 1.29 is 13.7 Å². The summed E-state index contributed by atoms with van der Waals surface area (Å²) < 4.78 is 18.8. The van der Waals surface area contributed by atoms with Gasteiger partial charge in [0.15, 0.2) is 5.58 Å². The van der Waals surface area contributed by atoms with Gasteiger partial charge < -0.3 is 14.7 Å². The normalized spacial score (nSPS) is 18.9. The highest BCUT2D eigenvalue weighted by Gasteiger charge is 2.26. The Bertz CT molecular complexity index is 1090. The molecule has 0 aliphatic carbocycles. The van der Waals surface area contributed by atoms with Crippen molar-refractivity contribution in [2.24, 2.45) is 5.92 Å². The minimum atomic E-state index is -0.290. The number of rotatable bonds is 6. The molecular formula is C26H32FN5O2. The van der Waals surface area contributed by atoms with Gasteiger partial charge in [-0.3, -0.25) is 5.43 Å². The molecule has 34 heavy (non-hydrogen) atoms. The molecule has 3 heterocycles. The lowest BCUT2D eigenvalue weighted by Crippen LogP contribution is -2.48. The predicted molar refractivity (Wildman–Crippen MR) is 130 cm³/mol. The van der Waals surface area contributed by atoms with Gasteiger partial charge in [0.2, 0.25) is 0 Å². The molecule has 8 heteroatoms. The Morgan fingerprint density at radius 3 is 2.56 bits per heavy atom. The summed E-state index contributed by atoms with van der Waals surface area (Å²) in [5.74, 6) is 0.781. The van der Waals surface area contributed by atoms with Gasteiger partial charge in [0, 0.05) is 36.1 Å². The van der Waals surface area contributed by atoms with Crippen molar-refractivity contribution >= 4 is 22.7 Å². The number of aromatic nitrogens is 1. The Morgan fingerprint density at radius 1 is 1.03 bits per heavy atom. The predicted octanol–water partition coefficient (Wildman–Crippen LogP) is 4.99.